The van der Waals surface area contributed by atoms with Crippen molar-refractivity contribution in [1.29, 1.82) is 0 Å². The molecular weight excluding hydrogens is 260 g/mol. The fourth-order valence-electron chi connectivity index (χ4n) is 2.36. The molecule has 0 unspecified atom stereocenters. The lowest BCUT2D eigenvalue weighted by molar-refractivity contribution is 0.0972. The molecule has 6 heteroatoms. The standard InChI is InChI=1S/C14H10N2O4/c15-19-9-5-6-10(20-16)12-11(9)13(17)7-3-1-2-4-8(7)14(12)18/h1-6H,15-16H2. The number of nitrogens with two attached hydrogens (primary N) is 2. The molecule has 0 aliphatic heterocycles. The Kier molecular flexibility index (Phi) is 2.74. The number of benzene rings is 2. The van der Waals surface area contributed by atoms with E-state index in [0.29, 0.717) is 11.1 Å². The zero-order chi connectivity index (χ0) is 14.3. The summed E-state index contributed by atoms with van der Waals surface area (Å²) in [7, 11) is 0. The van der Waals surface area contributed by atoms with Crippen LogP contribution in [0.2, 0.25) is 0 Å². The van der Waals surface area contributed by atoms with E-state index in [1.807, 2.05) is 0 Å². The van der Waals surface area contributed by atoms with Crippen LogP contribution in [-0.4, -0.2) is 11.6 Å². The maximum atomic E-state index is 12.5. The third kappa shape index (κ3) is 1.52. The Labute approximate surface area is 113 Å². The largest absolute Gasteiger partial charge is 0.411 e. The first kappa shape index (κ1) is 12.3. The third-order valence-electron chi connectivity index (χ3n) is 3.25. The molecule has 0 amide bonds. The number of fused-ring (bicyclic) bond motifs is 2. The first-order chi connectivity index (χ1) is 9.69. The van der Waals surface area contributed by atoms with Gasteiger partial charge in [0.05, 0.1) is 11.1 Å². The summed E-state index contributed by atoms with van der Waals surface area (Å²) in [5.41, 5.74) is 0.744. The molecule has 4 N–H and O–H groups in total. The zero-order valence-electron chi connectivity index (χ0n) is 10.3. The lowest BCUT2D eigenvalue weighted by atomic mass is 9.83. The number of carbonyl (C=O) groups is 2. The molecule has 0 fully saturated rings. The van der Waals surface area contributed by atoms with E-state index >= 15 is 0 Å². The van der Waals surface area contributed by atoms with Crippen LogP contribution in [0.4, 0.5) is 0 Å². The molecular formula is C14H10N2O4. The molecule has 3 rings (SSSR count). The fraction of sp³-hybridized carbons (Fsp3) is 0. The smallest absolute Gasteiger partial charge is 0.198 e. The molecule has 6 nitrogen and oxygen atoms in total. The molecule has 100 valence electrons. The summed E-state index contributed by atoms with van der Waals surface area (Å²) in [6, 6.07) is 9.38. The predicted molar refractivity (Wildman–Crippen MR) is 69.4 cm³/mol. The first-order valence-corrected chi connectivity index (χ1v) is 5.78. The van der Waals surface area contributed by atoms with E-state index in [2.05, 4.69) is 9.68 Å². The number of hydrogen-bond acceptors (Lipinski definition) is 6. The average molecular weight is 270 g/mol. The Hall–Kier alpha value is -2.70. The molecule has 0 saturated carbocycles. The zero-order valence-corrected chi connectivity index (χ0v) is 10.3. The quantitative estimate of drug-likeness (QED) is 0.672. The van der Waals surface area contributed by atoms with E-state index in [4.69, 9.17) is 11.8 Å². The number of hydrogen-bond donors (Lipinski definition) is 2. The SMILES string of the molecule is NOc1ccc(ON)c2c1C(=O)c1ccccc1C2=O. The number of carbonyl (C=O) groups excluding carboxylic acids is 2. The van der Waals surface area contributed by atoms with Gasteiger partial charge in [0.1, 0.15) is 0 Å². The van der Waals surface area contributed by atoms with Crippen molar-refractivity contribution in [1.82, 2.24) is 0 Å². The maximum absolute atomic E-state index is 12.5. The van der Waals surface area contributed by atoms with E-state index in [-0.39, 0.29) is 34.2 Å². The van der Waals surface area contributed by atoms with E-state index in [1.54, 1.807) is 24.3 Å². The predicted octanol–water partition coefficient (Wildman–Crippen LogP) is 0.967. The third-order valence-corrected chi connectivity index (χ3v) is 3.25. The second-order valence-corrected chi connectivity index (χ2v) is 4.25. The normalized spacial score (nSPS) is 12.7. The molecule has 0 saturated heterocycles. The van der Waals surface area contributed by atoms with Crippen LogP contribution in [0.5, 0.6) is 11.5 Å². The van der Waals surface area contributed by atoms with E-state index < -0.39 is 0 Å². The molecule has 1 aliphatic rings. The van der Waals surface area contributed by atoms with Crippen molar-refractivity contribution in [3.8, 4) is 11.5 Å². The first-order valence-electron chi connectivity index (χ1n) is 5.78. The molecule has 0 heterocycles. The van der Waals surface area contributed by atoms with Gasteiger partial charge in [0, 0.05) is 11.1 Å². The van der Waals surface area contributed by atoms with Crippen molar-refractivity contribution in [3.05, 3.63) is 58.7 Å². The van der Waals surface area contributed by atoms with Gasteiger partial charge in [-0.15, -0.1) is 0 Å². The van der Waals surface area contributed by atoms with Gasteiger partial charge >= 0.3 is 0 Å². The van der Waals surface area contributed by atoms with Crippen molar-refractivity contribution < 1.29 is 19.3 Å². The van der Waals surface area contributed by atoms with Crippen LogP contribution in [0.25, 0.3) is 0 Å². The Balaban J connectivity index is 2.37. The molecule has 0 bridgehead atoms. The van der Waals surface area contributed by atoms with Crippen LogP contribution in [0.15, 0.2) is 36.4 Å². The number of ketones is 2. The lowest BCUT2D eigenvalue weighted by Crippen LogP contribution is -2.24. The second-order valence-electron chi connectivity index (χ2n) is 4.25. The highest BCUT2D eigenvalue weighted by molar-refractivity contribution is 6.30. The number of rotatable bonds is 2. The molecule has 0 aromatic heterocycles. The highest BCUT2D eigenvalue weighted by atomic mass is 16.6. The van der Waals surface area contributed by atoms with Crippen LogP contribution >= 0.6 is 0 Å². The maximum Gasteiger partial charge on any atom is 0.198 e. The molecule has 2 aromatic carbocycles. The summed E-state index contributed by atoms with van der Waals surface area (Å²) < 4.78 is 0. The van der Waals surface area contributed by atoms with Gasteiger partial charge in [-0.05, 0) is 12.1 Å². The van der Waals surface area contributed by atoms with E-state index in [1.165, 1.54) is 12.1 Å². The molecule has 20 heavy (non-hydrogen) atoms. The van der Waals surface area contributed by atoms with Crippen molar-refractivity contribution in [2.24, 2.45) is 11.8 Å². The Morgan fingerprint density at radius 3 is 1.45 bits per heavy atom. The molecule has 2 aromatic rings. The van der Waals surface area contributed by atoms with Crippen LogP contribution in [-0.2, 0) is 0 Å². The van der Waals surface area contributed by atoms with Crippen LogP contribution < -0.4 is 21.5 Å². The molecule has 0 radical (unpaired) electrons. The Morgan fingerprint density at radius 2 is 1.10 bits per heavy atom. The summed E-state index contributed by atoms with van der Waals surface area (Å²) >= 11 is 0. The van der Waals surface area contributed by atoms with Gasteiger partial charge < -0.3 is 9.68 Å². The van der Waals surface area contributed by atoms with Crippen molar-refractivity contribution in [3.63, 3.8) is 0 Å². The van der Waals surface area contributed by atoms with Crippen molar-refractivity contribution in [2.75, 3.05) is 0 Å². The summed E-state index contributed by atoms with van der Waals surface area (Å²) in [6.07, 6.45) is 0. The van der Waals surface area contributed by atoms with Gasteiger partial charge in [-0.1, -0.05) is 24.3 Å². The molecule has 0 atom stereocenters. The minimum atomic E-state index is -0.352. The van der Waals surface area contributed by atoms with Gasteiger partial charge in [-0.2, -0.15) is 11.8 Å². The second kappa shape index (κ2) is 4.44. The summed E-state index contributed by atoms with van der Waals surface area (Å²) in [5, 5.41) is 0. The van der Waals surface area contributed by atoms with Gasteiger partial charge in [-0.25, -0.2) is 0 Å². The van der Waals surface area contributed by atoms with E-state index in [9.17, 15) is 9.59 Å². The summed E-state index contributed by atoms with van der Waals surface area (Å²) in [6.45, 7) is 0. The van der Waals surface area contributed by atoms with E-state index in [0.717, 1.165) is 0 Å². The van der Waals surface area contributed by atoms with Gasteiger partial charge in [0.25, 0.3) is 0 Å². The minimum Gasteiger partial charge on any atom is -0.411 e. The van der Waals surface area contributed by atoms with Gasteiger partial charge in [0.15, 0.2) is 23.1 Å². The summed E-state index contributed by atoms with van der Waals surface area (Å²) in [4.78, 5) is 34.4. The van der Waals surface area contributed by atoms with Crippen LogP contribution in [0.1, 0.15) is 31.8 Å². The van der Waals surface area contributed by atoms with Crippen LogP contribution in [0, 0.1) is 0 Å². The fourth-order valence-corrected chi connectivity index (χ4v) is 2.36. The Morgan fingerprint density at radius 1 is 0.700 bits per heavy atom. The van der Waals surface area contributed by atoms with Gasteiger partial charge in [0.2, 0.25) is 0 Å². The van der Waals surface area contributed by atoms with Crippen molar-refractivity contribution >= 4 is 11.6 Å². The highest BCUT2D eigenvalue weighted by Crippen LogP contribution is 2.37. The van der Waals surface area contributed by atoms with Gasteiger partial charge in [-0.3, -0.25) is 9.59 Å². The highest BCUT2D eigenvalue weighted by Gasteiger charge is 2.35. The average Bonchev–Trinajstić information content (AvgIpc) is 2.51. The van der Waals surface area contributed by atoms with Crippen molar-refractivity contribution in [2.45, 2.75) is 0 Å². The Bertz CT molecular complexity index is 678. The molecule has 0 spiro atoms. The molecule has 1 aliphatic carbocycles. The lowest BCUT2D eigenvalue weighted by Gasteiger charge is -2.20. The minimum absolute atomic E-state index is 0.0687. The van der Waals surface area contributed by atoms with Crippen LogP contribution in [0.3, 0.4) is 0 Å². The monoisotopic (exact) mass is 270 g/mol. The topological polar surface area (TPSA) is 105 Å². The summed E-state index contributed by atoms with van der Waals surface area (Å²) in [5.74, 6) is 9.82.